The lowest BCUT2D eigenvalue weighted by molar-refractivity contribution is -0.119. The number of nitrogens with one attached hydrogen (secondary N) is 1. The van der Waals surface area contributed by atoms with Gasteiger partial charge in [-0.25, -0.2) is 4.39 Å². The van der Waals surface area contributed by atoms with E-state index in [1.165, 1.54) is 24.3 Å². The number of carbonyl (C=O) groups excluding carboxylic acids is 2. The van der Waals surface area contributed by atoms with Crippen LogP contribution in [-0.2, 0) is 11.2 Å². The summed E-state index contributed by atoms with van der Waals surface area (Å²) in [5.41, 5.74) is 6.39. The summed E-state index contributed by atoms with van der Waals surface area (Å²) in [5, 5.41) is 3.12. The van der Waals surface area contributed by atoms with Crippen molar-refractivity contribution in [3.63, 3.8) is 0 Å². The number of amides is 2. The van der Waals surface area contributed by atoms with Crippen molar-refractivity contribution in [3.05, 3.63) is 70.5 Å². The van der Waals surface area contributed by atoms with Crippen molar-refractivity contribution < 1.29 is 14.0 Å². The van der Waals surface area contributed by atoms with E-state index >= 15 is 0 Å². The molecule has 2 amide bonds. The lowest BCUT2D eigenvalue weighted by Crippen LogP contribution is -2.45. The molecule has 0 aliphatic heterocycles. The van der Waals surface area contributed by atoms with Gasteiger partial charge in [0.2, 0.25) is 5.91 Å². The topological polar surface area (TPSA) is 72.2 Å². The highest BCUT2D eigenvalue weighted by Gasteiger charge is 2.19. The summed E-state index contributed by atoms with van der Waals surface area (Å²) >= 11 is 5.80. The number of hydrogen-bond acceptors (Lipinski definition) is 2. The van der Waals surface area contributed by atoms with E-state index in [0.29, 0.717) is 5.02 Å². The van der Waals surface area contributed by atoms with Crippen LogP contribution in [0.25, 0.3) is 0 Å². The molecule has 3 N–H and O–H groups in total. The molecule has 0 saturated heterocycles. The lowest BCUT2D eigenvalue weighted by atomic mass is 10.0. The first-order valence-electron chi connectivity index (χ1n) is 6.56. The molecule has 0 heterocycles. The zero-order valence-corrected chi connectivity index (χ0v) is 12.3. The van der Waals surface area contributed by atoms with Gasteiger partial charge in [-0.2, -0.15) is 0 Å². The van der Waals surface area contributed by atoms with E-state index in [0.717, 1.165) is 5.56 Å². The molecule has 0 bridgehead atoms. The van der Waals surface area contributed by atoms with E-state index in [1.807, 2.05) is 0 Å². The summed E-state index contributed by atoms with van der Waals surface area (Å²) in [6.45, 7) is 0. The van der Waals surface area contributed by atoms with Gasteiger partial charge < -0.3 is 11.1 Å². The van der Waals surface area contributed by atoms with Crippen LogP contribution in [0.1, 0.15) is 15.9 Å². The number of carbonyl (C=O) groups is 2. The SMILES string of the molecule is NC(=O)[C@@H](Cc1ccc(Cl)cc1)NC(=O)c1ccc(F)cc1. The van der Waals surface area contributed by atoms with Gasteiger partial charge >= 0.3 is 0 Å². The minimum absolute atomic E-state index is 0.249. The summed E-state index contributed by atoms with van der Waals surface area (Å²) in [6, 6.07) is 11.0. The third kappa shape index (κ3) is 4.30. The molecule has 22 heavy (non-hydrogen) atoms. The number of nitrogens with two attached hydrogens (primary N) is 1. The molecular weight excluding hydrogens is 307 g/mol. The number of hydrogen-bond donors (Lipinski definition) is 2. The fourth-order valence-electron chi connectivity index (χ4n) is 1.92. The molecule has 0 unspecified atom stereocenters. The normalized spacial score (nSPS) is 11.7. The van der Waals surface area contributed by atoms with Gasteiger partial charge in [-0.15, -0.1) is 0 Å². The van der Waals surface area contributed by atoms with Crippen molar-refractivity contribution in [2.45, 2.75) is 12.5 Å². The molecule has 2 rings (SSSR count). The molecule has 0 saturated carbocycles. The van der Waals surface area contributed by atoms with E-state index in [4.69, 9.17) is 17.3 Å². The highest BCUT2D eigenvalue weighted by Crippen LogP contribution is 2.11. The summed E-state index contributed by atoms with van der Waals surface area (Å²) in [5.74, 6) is -1.58. The van der Waals surface area contributed by atoms with Crippen molar-refractivity contribution in [3.8, 4) is 0 Å². The predicted octanol–water partition coefficient (Wildman–Crippen LogP) is 2.31. The number of benzene rings is 2. The maximum absolute atomic E-state index is 12.8. The van der Waals surface area contributed by atoms with Crippen molar-refractivity contribution in [2.24, 2.45) is 5.73 Å². The Hall–Kier alpha value is -2.40. The van der Waals surface area contributed by atoms with Crippen molar-refractivity contribution in [1.29, 1.82) is 0 Å². The van der Waals surface area contributed by atoms with Gasteiger partial charge in [0, 0.05) is 17.0 Å². The van der Waals surface area contributed by atoms with Crippen molar-refractivity contribution in [2.75, 3.05) is 0 Å². The molecule has 0 radical (unpaired) electrons. The van der Waals surface area contributed by atoms with Crippen LogP contribution < -0.4 is 11.1 Å². The smallest absolute Gasteiger partial charge is 0.251 e. The van der Waals surface area contributed by atoms with E-state index in [-0.39, 0.29) is 12.0 Å². The van der Waals surface area contributed by atoms with E-state index < -0.39 is 23.7 Å². The minimum atomic E-state index is -0.862. The lowest BCUT2D eigenvalue weighted by Gasteiger charge is -2.15. The molecule has 1 atom stereocenters. The first-order chi connectivity index (χ1) is 10.5. The highest BCUT2D eigenvalue weighted by atomic mass is 35.5. The highest BCUT2D eigenvalue weighted by molar-refractivity contribution is 6.30. The minimum Gasteiger partial charge on any atom is -0.368 e. The molecular formula is C16H14ClFN2O2. The quantitative estimate of drug-likeness (QED) is 0.887. The average Bonchev–Trinajstić information content (AvgIpc) is 2.49. The second kappa shape index (κ2) is 7.04. The second-order valence-electron chi connectivity index (χ2n) is 4.77. The Bertz CT molecular complexity index is 672. The average molecular weight is 321 g/mol. The number of primary amides is 1. The van der Waals surface area contributed by atoms with Crippen LogP contribution in [0.3, 0.4) is 0 Å². The van der Waals surface area contributed by atoms with Gasteiger partial charge in [0.15, 0.2) is 0 Å². The van der Waals surface area contributed by atoms with E-state index in [1.54, 1.807) is 24.3 Å². The van der Waals surface area contributed by atoms with Gasteiger partial charge in [-0.1, -0.05) is 23.7 Å². The fraction of sp³-hybridized carbons (Fsp3) is 0.125. The maximum atomic E-state index is 12.8. The first kappa shape index (κ1) is 16.0. The van der Waals surface area contributed by atoms with Crippen LogP contribution in [0, 0.1) is 5.82 Å². The maximum Gasteiger partial charge on any atom is 0.251 e. The van der Waals surface area contributed by atoms with Crippen LogP contribution in [0.5, 0.6) is 0 Å². The molecule has 6 heteroatoms. The monoisotopic (exact) mass is 320 g/mol. The molecule has 2 aromatic carbocycles. The van der Waals surface area contributed by atoms with Crippen molar-refractivity contribution in [1.82, 2.24) is 5.32 Å². The molecule has 2 aromatic rings. The zero-order chi connectivity index (χ0) is 16.1. The molecule has 0 aliphatic rings. The van der Waals surface area contributed by atoms with Gasteiger partial charge in [0.05, 0.1) is 0 Å². The molecule has 0 aromatic heterocycles. The van der Waals surface area contributed by atoms with Gasteiger partial charge in [0.25, 0.3) is 5.91 Å². The Morgan fingerprint density at radius 2 is 1.68 bits per heavy atom. The predicted molar refractivity (Wildman–Crippen MR) is 82.0 cm³/mol. The zero-order valence-electron chi connectivity index (χ0n) is 11.6. The molecule has 0 aliphatic carbocycles. The Labute approximate surface area is 132 Å². The third-order valence-corrected chi connectivity index (χ3v) is 3.36. The Balaban J connectivity index is 2.08. The largest absolute Gasteiger partial charge is 0.368 e. The van der Waals surface area contributed by atoms with Crippen molar-refractivity contribution >= 4 is 23.4 Å². The van der Waals surface area contributed by atoms with Crippen LogP contribution >= 0.6 is 11.6 Å². The van der Waals surface area contributed by atoms with Gasteiger partial charge in [-0.3, -0.25) is 9.59 Å². The summed E-state index contributed by atoms with van der Waals surface area (Å²) in [7, 11) is 0. The molecule has 4 nitrogen and oxygen atoms in total. The third-order valence-electron chi connectivity index (χ3n) is 3.11. The number of halogens is 2. The fourth-order valence-corrected chi connectivity index (χ4v) is 2.05. The second-order valence-corrected chi connectivity index (χ2v) is 5.20. The van der Waals surface area contributed by atoms with Crippen LogP contribution in [-0.4, -0.2) is 17.9 Å². The Kier molecular flexibility index (Phi) is 5.12. The molecule has 0 spiro atoms. The summed E-state index contributed by atoms with van der Waals surface area (Å²) in [4.78, 5) is 23.6. The molecule has 114 valence electrons. The van der Waals surface area contributed by atoms with Crippen LogP contribution in [0.4, 0.5) is 4.39 Å². The van der Waals surface area contributed by atoms with Gasteiger partial charge in [0.1, 0.15) is 11.9 Å². The Morgan fingerprint density at radius 3 is 2.23 bits per heavy atom. The standard InChI is InChI=1S/C16H14ClFN2O2/c17-12-5-1-10(2-6-12)9-14(15(19)21)20-16(22)11-3-7-13(18)8-4-11/h1-8,14H,9H2,(H2,19,21)(H,20,22)/t14-/m1/s1. The Morgan fingerprint density at radius 1 is 1.09 bits per heavy atom. The van der Waals surface area contributed by atoms with E-state index in [2.05, 4.69) is 5.32 Å². The van der Waals surface area contributed by atoms with E-state index in [9.17, 15) is 14.0 Å². The first-order valence-corrected chi connectivity index (χ1v) is 6.93. The van der Waals surface area contributed by atoms with Crippen LogP contribution in [0.2, 0.25) is 5.02 Å². The number of rotatable bonds is 5. The molecule has 0 fully saturated rings. The van der Waals surface area contributed by atoms with Gasteiger partial charge in [-0.05, 0) is 42.0 Å². The summed E-state index contributed by atoms with van der Waals surface area (Å²) < 4.78 is 12.8. The summed E-state index contributed by atoms with van der Waals surface area (Å²) in [6.07, 6.45) is 0.249. The van der Waals surface area contributed by atoms with Crippen LogP contribution in [0.15, 0.2) is 48.5 Å².